The quantitative estimate of drug-likeness (QED) is 0.334. The van der Waals surface area contributed by atoms with Gasteiger partial charge in [0.1, 0.15) is 17.3 Å². The number of carbonyl (C=O) groups excluding carboxylic acids is 1. The number of methoxy groups -OCH3 is 2. The molecular weight excluding hydrogens is 456 g/mol. The van der Waals surface area contributed by atoms with Crippen LogP contribution in [0.1, 0.15) is 10.4 Å². The standard InChI is InChI=1S/C20H15ClN6O6/c1-32-16-7-13(15(27(30)31)8-17(16)33-2)19(28)24-25-10-22-18-14(20(25)29)9-23-26(18)12-5-3-4-11(21)6-12/h3-10H,1-2H3,(H,24,28). The number of ether oxygens (including phenoxy) is 2. The first-order chi connectivity index (χ1) is 15.8. The number of nitrogens with one attached hydrogen (secondary N) is 1. The number of carbonyl (C=O) groups is 1. The molecule has 4 aromatic rings. The Balaban J connectivity index is 1.73. The van der Waals surface area contributed by atoms with Crippen LogP contribution in [0.3, 0.4) is 0 Å². The first-order valence-corrected chi connectivity index (χ1v) is 9.65. The maximum absolute atomic E-state index is 12.9. The van der Waals surface area contributed by atoms with Crippen LogP contribution >= 0.6 is 11.6 Å². The second kappa shape index (κ2) is 8.59. The number of nitro benzene ring substituents is 1. The molecule has 12 nitrogen and oxygen atoms in total. The van der Waals surface area contributed by atoms with E-state index in [1.54, 1.807) is 24.3 Å². The van der Waals surface area contributed by atoms with E-state index in [4.69, 9.17) is 21.1 Å². The lowest BCUT2D eigenvalue weighted by atomic mass is 10.1. The van der Waals surface area contributed by atoms with Crippen LogP contribution in [0.2, 0.25) is 5.02 Å². The highest BCUT2D eigenvalue weighted by Gasteiger charge is 2.25. The fourth-order valence-corrected chi connectivity index (χ4v) is 3.34. The van der Waals surface area contributed by atoms with E-state index in [0.717, 1.165) is 23.1 Å². The maximum atomic E-state index is 12.9. The molecule has 2 heterocycles. The lowest BCUT2D eigenvalue weighted by Gasteiger charge is -2.12. The van der Waals surface area contributed by atoms with E-state index >= 15 is 0 Å². The Kier molecular flexibility index (Phi) is 5.67. The van der Waals surface area contributed by atoms with Gasteiger partial charge < -0.3 is 9.47 Å². The average Bonchev–Trinajstić information content (AvgIpc) is 3.24. The van der Waals surface area contributed by atoms with Gasteiger partial charge >= 0.3 is 0 Å². The fraction of sp³-hybridized carbons (Fsp3) is 0.100. The third kappa shape index (κ3) is 3.94. The van der Waals surface area contributed by atoms with E-state index < -0.39 is 22.1 Å². The number of halogens is 1. The molecule has 4 rings (SSSR count). The van der Waals surface area contributed by atoms with Crippen molar-refractivity contribution in [3.05, 3.63) is 80.0 Å². The van der Waals surface area contributed by atoms with Crippen LogP contribution in [0.15, 0.2) is 53.7 Å². The molecule has 168 valence electrons. The zero-order chi connectivity index (χ0) is 23.7. The lowest BCUT2D eigenvalue weighted by molar-refractivity contribution is -0.385. The van der Waals surface area contributed by atoms with Crippen molar-refractivity contribution >= 4 is 34.2 Å². The van der Waals surface area contributed by atoms with E-state index in [9.17, 15) is 19.7 Å². The van der Waals surface area contributed by atoms with Crippen molar-refractivity contribution in [3.8, 4) is 17.2 Å². The minimum absolute atomic E-state index is 0.0782. The fourth-order valence-electron chi connectivity index (χ4n) is 3.16. The third-order valence-electron chi connectivity index (χ3n) is 4.71. The Morgan fingerprint density at radius 2 is 1.91 bits per heavy atom. The molecule has 0 aliphatic carbocycles. The van der Waals surface area contributed by atoms with Gasteiger partial charge in [0.15, 0.2) is 17.1 Å². The van der Waals surface area contributed by atoms with Crippen LogP contribution in [0.5, 0.6) is 11.5 Å². The first kappa shape index (κ1) is 21.8. The second-order valence-corrected chi connectivity index (χ2v) is 7.05. The topological polar surface area (TPSA) is 143 Å². The minimum atomic E-state index is -0.923. The van der Waals surface area contributed by atoms with Gasteiger partial charge in [-0.2, -0.15) is 5.10 Å². The van der Waals surface area contributed by atoms with Gasteiger partial charge in [0.2, 0.25) is 0 Å². The van der Waals surface area contributed by atoms with E-state index in [2.05, 4.69) is 15.5 Å². The number of rotatable bonds is 6. The normalized spacial score (nSPS) is 10.8. The predicted octanol–water partition coefficient (Wildman–Crippen LogP) is 2.54. The molecule has 0 saturated heterocycles. The SMILES string of the molecule is COc1cc(C(=O)Nn2cnc3c(cnn3-c3cccc(Cl)c3)c2=O)c([N+](=O)[O-])cc1OC. The van der Waals surface area contributed by atoms with Crippen molar-refractivity contribution in [2.24, 2.45) is 0 Å². The summed E-state index contributed by atoms with van der Waals surface area (Å²) in [5.74, 6) is -0.737. The molecule has 0 spiro atoms. The summed E-state index contributed by atoms with van der Waals surface area (Å²) in [7, 11) is 2.64. The summed E-state index contributed by atoms with van der Waals surface area (Å²) in [5, 5.41) is 16.2. The number of nitro groups is 1. The molecule has 0 bridgehead atoms. The van der Waals surface area contributed by atoms with Crippen LogP contribution in [-0.2, 0) is 0 Å². The largest absolute Gasteiger partial charge is 0.493 e. The maximum Gasteiger partial charge on any atom is 0.286 e. The average molecular weight is 471 g/mol. The number of benzene rings is 2. The monoisotopic (exact) mass is 470 g/mol. The highest BCUT2D eigenvalue weighted by molar-refractivity contribution is 6.30. The minimum Gasteiger partial charge on any atom is -0.493 e. The van der Waals surface area contributed by atoms with Crippen molar-refractivity contribution in [1.29, 1.82) is 0 Å². The number of nitrogens with zero attached hydrogens (tertiary/aromatic N) is 5. The third-order valence-corrected chi connectivity index (χ3v) is 4.94. The molecular formula is C20H15ClN6O6. The van der Waals surface area contributed by atoms with E-state index in [1.165, 1.54) is 25.1 Å². The summed E-state index contributed by atoms with van der Waals surface area (Å²) in [4.78, 5) is 40.7. The van der Waals surface area contributed by atoms with Crippen LogP contribution < -0.4 is 20.5 Å². The summed E-state index contributed by atoms with van der Waals surface area (Å²) < 4.78 is 12.4. The smallest absolute Gasteiger partial charge is 0.286 e. The van der Waals surface area contributed by atoms with E-state index in [0.29, 0.717) is 10.7 Å². The molecule has 0 aliphatic rings. The van der Waals surface area contributed by atoms with Gasteiger partial charge in [0.25, 0.3) is 17.2 Å². The number of hydrogen-bond donors (Lipinski definition) is 1. The van der Waals surface area contributed by atoms with Crippen molar-refractivity contribution in [2.45, 2.75) is 0 Å². The van der Waals surface area contributed by atoms with Gasteiger partial charge in [-0.3, -0.25) is 25.1 Å². The van der Waals surface area contributed by atoms with Gasteiger partial charge in [-0.05, 0) is 18.2 Å². The molecule has 0 radical (unpaired) electrons. The van der Waals surface area contributed by atoms with Gasteiger partial charge in [-0.15, -0.1) is 0 Å². The number of fused-ring (bicyclic) bond motifs is 1. The molecule has 0 unspecified atom stereocenters. The number of aromatic nitrogens is 4. The zero-order valence-electron chi connectivity index (χ0n) is 17.2. The molecule has 33 heavy (non-hydrogen) atoms. The van der Waals surface area contributed by atoms with Gasteiger partial charge in [0.05, 0.1) is 37.1 Å². The molecule has 1 N–H and O–H groups in total. The van der Waals surface area contributed by atoms with Crippen LogP contribution in [-0.4, -0.2) is 44.5 Å². The predicted molar refractivity (Wildman–Crippen MR) is 118 cm³/mol. The Bertz CT molecular complexity index is 1460. The Labute approximate surface area is 190 Å². The molecule has 1 amide bonds. The molecule has 0 atom stereocenters. The van der Waals surface area contributed by atoms with Crippen molar-refractivity contribution in [3.63, 3.8) is 0 Å². The van der Waals surface area contributed by atoms with Crippen LogP contribution in [0.4, 0.5) is 5.69 Å². The van der Waals surface area contributed by atoms with Crippen molar-refractivity contribution < 1.29 is 19.2 Å². The molecule has 0 aliphatic heterocycles. The molecule has 13 heteroatoms. The first-order valence-electron chi connectivity index (χ1n) is 9.27. The van der Waals surface area contributed by atoms with Crippen molar-refractivity contribution in [1.82, 2.24) is 19.4 Å². The molecule has 0 fully saturated rings. The van der Waals surface area contributed by atoms with Crippen molar-refractivity contribution in [2.75, 3.05) is 19.6 Å². The summed E-state index contributed by atoms with van der Waals surface area (Å²) in [6.07, 6.45) is 2.38. The highest BCUT2D eigenvalue weighted by Crippen LogP contribution is 2.34. The number of hydrogen-bond acceptors (Lipinski definition) is 8. The molecule has 2 aromatic heterocycles. The summed E-state index contributed by atoms with van der Waals surface area (Å²) in [6.45, 7) is 0. The zero-order valence-corrected chi connectivity index (χ0v) is 17.9. The summed E-state index contributed by atoms with van der Waals surface area (Å²) in [6, 6.07) is 9.03. The Morgan fingerprint density at radius 1 is 1.18 bits per heavy atom. The Morgan fingerprint density at radius 3 is 2.58 bits per heavy atom. The van der Waals surface area contributed by atoms with E-state index in [1.807, 2.05) is 0 Å². The number of amides is 1. The van der Waals surface area contributed by atoms with Gasteiger partial charge in [-0.25, -0.2) is 14.3 Å². The van der Waals surface area contributed by atoms with Crippen LogP contribution in [0, 0.1) is 10.1 Å². The summed E-state index contributed by atoms with van der Waals surface area (Å²) in [5.41, 5.74) is 1.64. The van der Waals surface area contributed by atoms with Gasteiger partial charge in [-0.1, -0.05) is 17.7 Å². The molecule has 2 aromatic carbocycles. The van der Waals surface area contributed by atoms with Crippen LogP contribution in [0.25, 0.3) is 16.7 Å². The van der Waals surface area contributed by atoms with Gasteiger partial charge in [0, 0.05) is 11.1 Å². The van der Waals surface area contributed by atoms with E-state index in [-0.39, 0.29) is 28.1 Å². The lowest BCUT2D eigenvalue weighted by Crippen LogP contribution is -2.33. The summed E-state index contributed by atoms with van der Waals surface area (Å²) >= 11 is 6.02. The molecule has 0 saturated carbocycles. The highest BCUT2D eigenvalue weighted by atomic mass is 35.5. The second-order valence-electron chi connectivity index (χ2n) is 6.62. The Hall–Kier alpha value is -4.45.